The summed E-state index contributed by atoms with van der Waals surface area (Å²) in [6, 6.07) is 0. The van der Waals surface area contributed by atoms with Gasteiger partial charge in [0.1, 0.15) is 0 Å². The SMILES string of the molecule is CN(C)C(=O)CCNC(=O)C1CCCC(CCN)C1. The largest absolute Gasteiger partial charge is 0.355 e. The average Bonchev–Trinajstić information content (AvgIpc) is 2.39. The first-order chi connectivity index (χ1) is 9.04. The molecule has 1 saturated carbocycles. The van der Waals surface area contributed by atoms with Crippen LogP contribution in [0.1, 0.15) is 38.5 Å². The van der Waals surface area contributed by atoms with Crippen LogP contribution in [0.5, 0.6) is 0 Å². The third kappa shape index (κ3) is 5.59. The lowest BCUT2D eigenvalue weighted by atomic mass is 9.79. The lowest BCUT2D eigenvalue weighted by Crippen LogP contribution is -2.36. The monoisotopic (exact) mass is 269 g/mol. The number of hydrogen-bond acceptors (Lipinski definition) is 3. The van der Waals surface area contributed by atoms with Gasteiger partial charge in [0.25, 0.3) is 0 Å². The van der Waals surface area contributed by atoms with Gasteiger partial charge in [0.05, 0.1) is 0 Å². The van der Waals surface area contributed by atoms with Gasteiger partial charge in [-0.05, 0) is 31.7 Å². The van der Waals surface area contributed by atoms with Crippen molar-refractivity contribution in [2.24, 2.45) is 17.6 Å². The molecule has 1 rings (SSSR count). The van der Waals surface area contributed by atoms with E-state index in [4.69, 9.17) is 5.73 Å². The molecule has 19 heavy (non-hydrogen) atoms. The van der Waals surface area contributed by atoms with E-state index in [-0.39, 0.29) is 17.7 Å². The van der Waals surface area contributed by atoms with E-state index >= 15 is 0 Å². The Bertz CT molecular complexity index is 303. The second-order valence-corrected chi connectivity index (χ2v) is 5.64. The van der Waals surface area contributed by atoms with E-state index in [2.05, 4.69) is 5.32 Å². The zero-order valence-electron chi connectivity index (χ0n) is 12.2. The topological polar surface area (TPSA) is 75.4 Å². The van der Waals surface area contributed by atoms with Gasteiger partial charge in [0, 0.05) is 33.0 Å². The minimum Gasteiger partial charge on any atom is -0.355 e. The van der Waals surface area contributed by atoms with Gasteiger partial charge >= 0.3 is 0 Å². The summed E-state index contributed by atoms with van der Waals surface area (Å²) in [6.45, 7) is 1.14. The minimum atomic E-state index is 0.0463. The molecule has 0 bridgehead atoms. The summed E-state index contributed by atoms with van der Waals surface area (Å²) < 4.78 is 0. The van der Waals surface area contributed by atoms with Crippen LogP contribution in [0.4, 0.5) is 0 Å². The maximum atomic E-state index is 12.0. The van der Waals surface area contributed by atoms with Crippen molar-refractivity contribution in [1.29, 1.82) is 0 Å². The third-order valence-electron chi connectivity index (χ3n) is 3.87. The van der Waals surface area contributed by atoms with Gasteiger partial charge in [-0.3, -0.25) is 9.59 Å². The predicted octanol–water partition coefficient (Wildman–Crippen LogP) is 0.736. The van der Waals surface area contributed by atoms with Crippen LogP contribution >= 0.6 is 0 Å². The van der Waals surface area contributed by atoms with Crippen molar-refractivity contribution in [3.8, 4) is 0 Å². The van der Waals surface area contributed by atoms with E-state index in [0.29, 0.717) is 25.4 Å². The standard InChI is InChI=1S/C14H27N3O2/c1-17(2)13(18)7-9-16-14(19)12-5-3-4-11(10-12)6-8-15/h11-12H,3-10,15H2,1-2H3,(H,16,19). The molecule has 5 heteroatoms. The van der Waals surface area contributed by atoms with E-state index in [0.717, 1.165) is 25.7 Å². The van der Waals surface area contributed by atoms with Gasteiger partial charge in [-0.2, -0.15) is 0 Å². The highest BCUT2D eigenvalue weighted by atomic mass is 16.2. The van der Waals surface area contributed by atoms with Crippen molar-refractivity contribution in [3.05, 3.63) is 0 Å². The molecule has 1 aliphatic rings. The highest BCUT2D eigenvalue weighted by molar-refractivity contribution is 5.80. The van der Waals surface area contributed by atoms with Crippen LogP contribution in [0.15, 0.2) is 0 Å². The molecular formula is C14H27N3O2. The molecule has 2 amide bonds. The molecule has 0 saturated heterocycles. The number of carbonyl (C=O) groups is 2. The molecule has 1 aliphatic carbocycles. The van der Waals surface area contributed by atoms with Gasteiger partial charge in [0.2, 0.25) is 11.8 Å². The summed E-state index contributed by atoms with van der Waals surface area (Å²) in [5, 5.41) is 2.88. The zero-order chi connectivity index (χ0) is 14.3. The Labute approximate surface area is 115 Å². The molecule has 0 radical (unpaired) electrons. The van der Waals surface area contributed by atoms with E-state index in [9.17, 15) is 9.59 Å². The normalized spacial score (nSPS) is 22.9. The maximum Gasteiger partial charge on any atom is 0.223 e. The Morgan fingerprint density at radius 1 is 1.32 bits per heavy atom. The fourth-order valence-electron chi connectivity index (χ4n) is 2.69. The summed E-state index contributed by atoms with van der Waals surface area (Å²) in [6.07, 6.45) is 5.61. The Morgan fingerprint density at radius 3 is 2.68 bits per heavy atom. The van der Waals surface area contributed by atoms with Crippen LogP contribution in [0.2, 0.25) is 0 Å². The van der Waals surface area contributed by atoms with Gasteiger partial charge < -0.3 is 16.0 Å². The molecule has 0 aromatic rings. The number of rotatable bonds is 6. The summed E-state index contributed by atoms with van der Waals surface area (Å²) in [5.74, 6) is 0.857. The summed E-state index contributed by atoms with van der Waals surface area (Å²) in [7, 11) is 3.45. The van der Waals surface area contributed by atoms with Crippen molar-refractivity contribution in [1.82, 2.24) is 10.2 Å². The van der Waals surface area contributed by atoms with Crippen LogP contribution < -0.4 is 11.1 Å². The molecule has 0 aliphatic heterocycles. The zero-order valence-corrected chi connectivity index (χ0v) is 12.2. The van der Waals surface area contributed by atoms with E-state index in [1.54, 1.807) is 19.0 Å². The molecule has 0 heterocycles. The maximum absolute atomic E-state index is 12.0. The quantitative estimate of drug-likeness (QED) is 0.746. The number of nitrogens with zero attached hydrogens (tertiary/aromatic N) is 1. The Kier molecular flexibility index (Phi) is 6.84. The van der Waals surface area contributed by atoms with Gasteiger partial charge in [-0.1, -0.05) is 12.8 Å². The predicted molar refractivity (Wildman–Crippen MR) is 75.4 cm³/mol. The van der Waals surface area contributed by atoms with Crippen LogP contribution in [0.25, 0.3) is 0 Å². The highest BCUT2D eigenvalue weighted by Crippen LogP contribution is 2.30. The Morgan fingerprint density at radius 2 is 2.05 bits per heavy atom. The van der Waals surface area contributed by atoms with Crippen molar-refractivity contribution < 1.29 is 9.59 Å². The van der Waals surface area contributed by atoms with Gasteiger partial charge in [-0.15, -0.1) is 0 Å². The fraction of sp³-hybridized carbons (Fsp3) is 0.857. The number of amides is 2. The van der Waals surface area contributed by atoms with Crippen LogP contribution in [-0.4, -0.2) is 43.9 Å². The van der Waals surface area contributed by atoms with Crippen molar-refractivity contribution in [2.45, 2.75) is 38.5 Å². The van der Waals surface area contributed by atoms with Crippen LogP contribution in [0.3, 0.4) is 0 Å². The molecule has 2 atom stereocenters. The number of carbonyl (C=O) groups excluding carboxylic acids is 2. The second-order valence-electron chi connectivity index (χ2n) is 5.64. The van der Waals surface area contributed by atoms with E-state index in [1.807, 2.05) is 0 Å². The van der Waals surface area contributed by atoms with Gasteiger partial charge in [-0.25, -0.2) is 0 Å². The molecule has 5 nitrogen and oxygen atoms in total. The molecule has 110 valence electrons. The lowest BCUT2D eigenvalue weighted by molar-refractivity contribution is -0.129. The van der Waals surface area contributed by atoms with Gasteiger partial charge in [0.15, 0.2) is 0 Å². The molecular weight excluding hydrogens is 242 g/mol. The fourth-order valence-corrected chi connectivity index (χ4v) is 2.69. The lowest BCUT2D eigenvalue weighted by Gasteiger charge is -2.28. The van der Waals surface area contributed by atoms with Crippen molar-refractivity contribution >= 4 is 11.8 Å². The second kappa shape index (κ2) is 8.15. The molecule has 3 N–H and O–H groups in total. The highest BCUT2D eigenvalue weighted by Gasteiger charge is 2.26. The Hall–Kier alpha value is -1.10. The first-order valence-corrected chi connectivity index (χ1v) is 7.22. The molecule has 0 aromatic carbocycles. The number of nitrogens with one attached hydrogen (secondary N) is 1. The molecule has 0 spiro atoms. The first kappa shape index (κ1) is 16.0. The van der Waals surface area contributed by atoms with Crippen molar-refractivity contribution in [3.63, 3.8) is 0 Å². The average molecular weight is 269 g/mol. The smallest absolute Gasteiger partial charge is 0.223 e. The summed E-state index contributed by atoms with van der Waals surface area (Å²) >= 11 is 0. The van der Waals surface area contributed by atoms with Crippen LogP contribution in [0, 0.1) is 11.8 Å². The molecule has 0 aromatic heterocycles. The van der Waals surface area contributed by atoms with Crippen LogP contribution in [-0.2, 0) is 9.59 Å². The minimum absolute atomic E-state index is 0.0463. The van der Waals surface area contributed by atoms with E-state index < -0.39 is 0 Å². The number of nitrogens with two attached hydrogens (primary N) is 1. The van der Waals surface area contributed by atoms with E-state index in [1.165, 1.54) is 6.42 Å². The summed E-state index contributed by atoms with van der Waals surface area (Å²) in [4.78, 5) is 25.0. The molecule has 2 unspecified atom stereocenters. The third-order valence-corrected chi connectivity index (χ3v) is 3.87. The first-order valence-electron chi connectivity index (χ1n) is 7.22. The number of hydrogen-bond donors (Lipinski definition) is 2. The molecule has 1 fully saturated rings. The summed E-state index contributed by atoms with van der Waals surface area (Å²) in [5.41, 5.74) is 5.58. The Balaban J connectivity index is 2.27. The van der Waals surface area contributed by atoms with Crippen molar-refractivity contribution in [2.75, 3.05) is 27.2 Å².